The highest BCUT2D eigenvalue weighted by molar-refractivity contribution is 5.92. The van der Waals surface area contributed by atoms with Gasteiger partial charge in [0, 0.05) is 37.8 Å². The van der Waals surface area contributed by atoms with E-state index in [4.69, 9.17) is 9.72 Å². The first kappa shape index (κ1) is 28.3. The monoisotopic (exact) mass is 611 g/mol. The average molecular weight is 612 g/mol. The Morgan fingerprint density at radius 1 is 1.09 bits per heavy atom. The van der Waals surface area contributed by atoms with Crippen molar-refractivity contribution in [2.45, 2.75) is 24.9 Å². The van der Waals surface area contributed by atoms with E-state index in [0.717, 1.165) is 12.1 Å². The van der Waals surface area contributed by atoms with E-state index in [0.29, 0.717) is 65.6 Å². The lowest BCUT2D eigenvalue weighted by molar-refractivity contribution is -0.131. The van der Waals surface area contributed by atoms with Crippen LogP contribution in [0.3, 0.4) is 0 Å². The molecule has 0 unspecified atom stereocenters. The lowest BCUT2D eigenvalue weighted by Gasteiger charge is -2.29. The summed E-state index contributed by atoms with van der Waals surface area (Å²) in [5, 5.41) is 11.5. The van der Waals surface area contributed by atoms with Crippen molar-refractivity contribution in [2.24, 2.45) is 5.18 Å². The number of likely N-dealkylation sites (N-methyl/N-ethyl adjacent to an activating group) is 1. The molecule has 2 atom stereocenters. The molecule has 228 valence electrons. The summed E-state index contributed by atoms with van der Waals surface area (Å²) in [5.74, 6) is -0.199. The number of fused-ring (bicyclic) bond motifs is 7. The summed E-state index contributed by atoms with van der Waals surface area (Å²) in [6.45, 7) is 1.05. The van der Waals surface area contributed by atoms with E-state index < -0.39 is 17.7 Å². The van der Waals surface area contributed by atoms with Gasteiger partial charge in [-0.3, -0.25) is 4.79 Å². The van der Waals surface area contributed by atoms with E-state index in [9.17, 15) is 18.5 Å². The van der Waals surface area contributed by atoms with Crippen LogP contribution in [0.2, 0.25) is 0 Å². The number of benzene rings is 2. The Labute approximate surface area is 255 Å². The third-order valence-electron chi connectivity index (χ3n) is 8.07. The maximum Gasteiger partial charge on any atom is 0.245 e. The summed E-state index contributed by atoms with van der Waals surface area (Å²) in [7, 11) is 1.74. The predicted molar refractivity (Wildman–Crippen MR) is 163 cm³/mol. The van der Waals surface area contributed by atoms with Gasteiger partial charge in [0.25, 0.3) is 0 Å². The lowest BCUT2D eigenvalue weighted by atomic mass is 10.1. The molecule has 7 rings (SSSR count). The molecule has 0 radical (unpaired) electrons. The molecule has 5 heterocycles. The molecule has 0 spiro atoms. The van der Waals surface area contributed by atoms with Crippen LogP contribution in [0.5, 0.6) is 5.75 Å². The minimum Gasteiger partial charge on any atom is -0.490 e. The van der Waals surface area contributed by atoms with Crippen molar-refractivity contribution in [3.05, 3.63) is 83.7 Å². The number of carbonyl (C=O) groups excluding carboxylic acids is 1. The fourth-order valence-electron chi connectivity index (χ4n) is 5.96. The Kier molecular flexibility index (Phi) is 7.23. The Bertz CT molecular complexity index is 1930. The molecular weight excluding hydrogens is 584 g/mol. The number of pyridine rings is 1. The summed E-state index contributed by atoms with van der Waals surface area (Å²) in [6.07, 6.45) is 3.82. The van der Waals surface area contributed by atoms with Crippen LogP contribution in [0.4, 0.5) is 26.1 Å². The number of carbonyl (C=O) groups is 1. The van der Waals surface area contributed by atoms with Crippen molar-refractivity contribution >= 4 is 34.3 Å². The molecule has 2 aliphatic heterocycles. The minimum atomic E-state index is -0.784. The molecule has 5 aromatic rings. The number of nitrogens with zero attached hydrogens (tertiary/aromatic N) is 8. The molecule has 14 heteroatoms. The number of hydrogen-bond donors (Lipinski definition) is 1. The van der Waals surface area contributed by atoms with Gasteiger partial charge in [-0.15, -0.1) is 4.91 Å². The first-order valence-corrected chi connectivity index (χ1v) is 14.4. The first-order valence-electron chi connectivity index (χ1n) is 14.4. The van der Waals surface area contributed by atoms with E-state index in [1.165, 1.54) is 23.3 Å². The van der Waals surface area contributed by atoms with Crippen LogP contribution in [0.25, 0.3) is 28.0 Å². The first-order chi connectivity index (χ1) is 21.9. The number of aromatic nitrogens is 5. The summed E-state index contributed by atoms with van der Waals surface area (Å²) >= 11 is 0. The van der Waals surface area contributed by atoms with Gasteiger partial charge in [0.05, 0.1) is 23.9 Å². The number of halogens is 2. The predicted octanol–water partition coefficient (Wildman–Crippen LogP) is 4.85. The SMILES string of the molecule is CN1CCCOc2c(N=O)cccc2-c2cccc(n2)N[C@H]2C[C@@H](C1=O)N(c1ncnc3c1cnn3-c1ccc(F)cc1F)C2. The molecule has 1 N–H and O–H groups in total. The summed E-state index contributed by atoms with van der Waals surface area (Å²) in [6, 6.07) is 13.1. The van der Waals surface area contributed by atoms with Gasteiger partial charge in [0.15, 0.2) is 22.9 Å². The third kappa shape index (κ3) is 5.17. The van der Waals surface area contributed by atoms with E-state index in [2.05, 4.69) is 25.6 Å². The van der Waals surface area contributed by atoms with Crippen LogP contribution in [-0.2, 0) is 4.79 Å². The smallest absolute Gasteiger partial charge is 0.245 e. The quantitative estimate of drug-likeness (QED) is 0.285. The average Bonchev–Trinajstić information content (AvgIpc) is 3.67. The van der Waals surface area contributed by atoms with E-state index >= 15 is 0 Å². The number of rotatable bonds is 3. The van der Waals surface area contributed by atoms with Crippen LogP contribution in [0, 0.1) is 16.5 Å². The topological polar surface area (TPSA) is 131 Å². The van der Waals surface area contributed by atoms with Crippen molar-refractivity contribution < 1.29 is 18.3 Å². The van der Waals surface area contributed by atoms with Crippen LogP contribution < -0.4 is 15.0 Å². The van der Waals surface area contributed by atoms with Crippen LogP contribution >= 0.6 is 0 Å². The van der Waals surface area contributed by atoms with Crippen LogP contribution in [0.1, 0.15) is 12.8 Å². The highest BCUT2D eigenvalue weighted by Gasteiger charge is 2.40. The molecule has 12 nitrogen and oxygen atoms in total. The molecule has 0 aliphatic carbocycles. The van der Waals surface area contributed by atoms with Crippen LogP contribution in [0.15, 0.2) is 72.3 Å². The van der Waals surface area contributed by atoms with Gasteiger partial charge in [0.2, 0.25) is 5.91 Å². The van der Waals surface area contributed by atoms with Gasteiger partial charge in [-0.2, -0.15) is 5.10 Å². The molecular formula is C31H27F2N9O3. The molecule has 1 fully saturated rings. The van der Waals surface area contributed by atoms with Gasteiger partial charge < -0.3 is 19.9 Å². The molecule has 45 heavy (non-hydrogen) atoms. The Morgan fingerprint density at radius 2 is 1.96 bits per heavy atom. The van der Waals surface area contributed by atoms with Crippen molar-refractivity contribution in [1.29, 1.82) is 0 Å². The largest absolute Gasteiger partial charge is 0.490 e. The Hall–Kier alpha value is -5.53. The van der Waals surface area contributed by atoms with Crippen LogP contribution in [-0.4, -0.2) is 74.4 Å². The molecule has 4 bridgehead atoms. The van der Waals surface area contributed by atoms with Gasteiger partial charge >= 0.3 is 0 Å². The number of nitroso groups, excluding NO2 is 1. The second-order valence-corrected chi connectivity index (χ2v) is 10.9. The number of nitrogens with one attached hydrogen (secondary N) is 1. The maximum absolute atomic E-state index is 14.7. The fraction of sp³-hybridized carbons (Fsp3) is 0.258. The van der Waals surface area contributed by atoms with Crippen molar-refractivity contribution in [2.75, 3.05) is 37.0 Å². The van der Waals surface area contributed by atoms with E-state index in [1.807, 2.05) is 29.2 Å². The molecule has 2 aliphatic rings. The maximum atomic E-state index is 14.7. The van der Waals surface area contributed by atoms with Gasteiger partial charge in [-0.25, -0.2) is 28.4 Å². The molecule has 1 amide bonds. The van der Waals surface area contributed by atoms with Gasteiger partial charge in [0.1, 0.15) is 35.5 Å². The van der Waals surface area contributed by atoms with E-state index in [-0.39, 0.29) is 29.9 Å². The second-order valence-electron chi connectivity index (χ2n) is 10.9. The Morgan fingerprint density at radius 3 is 2.80 bits per heavy atom. The van der Waals surface area contributed by atoms with Crippen molar-refractivity contribution in [1.82, 2.24) is 29.6 Å². The lowest BCUT2D eigenvalue weighted by Crippen LogP contribution is -2.45. The minimum absolute atomic E-state index is 0.0385. The number of amides is 1. The van der Waals surface area contributed by atoms with Crippen molar-refractivity contribution in [3.8, 4) is 22.7 Å². The third-order valence-corrected chi connectivity index (χ3v) is 8.07. The zero-order valence-corrected chi connectivity index (χ0v) is 24.1. The highest BCUT2D eigenvalue weighted by Crippen LogP contribution is 2.38. The van der Waals surface area contributed by atoms with Gasteiger partial charge in [-0.1, -0.05) is 12.1 Å². The normalized spacial score (nSPS) is 18.5. The standard InChI is InChI=1S/C31H27F2N9O3/c1-40-11-4-12-45-28-20(5-2-7-24(28)39-44)23-6-3-8-27(38-23)37-19-14-26(31(40)43)41(16-19)29-21-15-36-42(30(21)35-17-34-29)25-10-9-18(32)13-22(25)33/h2-3,5-10,13,15,17,19,26H,4,11-12,14,16H2,1H3,(H,37,38)/t19-,26-/m0/s1. The summed E-state index contributed by atoms with van der Waals surface area (Å²) < 4.78 is 35.6. The number of ether oxygens (including phenoxy) is 1. The Balaban J connectivity index is 1.27. The summed E-state index contributed by atoms with van der Waals surface area (Å²) in [4.78, 5) is 42.8. The number of anilines is 2. The second kappa shape index (κ2) is 11.5. The number of para-hydroxylation sites is 1. The fourth-order valence-corrected chi connectivity index (χ4v) is 5.96. The molecule has 0 saturated carbocycles. The highest BCUT2D eigenvalue weighted by atomic mass is 19.1. The van der Waals surface area contributed by atoms with Crippen molar-refractivity contribution in [3.63, 3.8) is 0 Å². The zero-order valence-electron chi connectivity index (χ0n) is 24.1. The molecule has 3 aromatic heterocycles. The number of hydrogen-bond acceptors (Lipinski definition) is 10. The van der Waals surface area contributed by atoms with E-state index in [1.54, 1.807) is 24.1 Å². The molecule has 2 aromatic carbocycles. The summed E-state index contributed by atoms with van der Waals surface area (Å²) in [5.41, 5.74) is 1.78. The van der Waals surface area contributed by atoms with Gasteiger partial charge in [-0.05, 0) is 54.4 Å². The zero-order chi connectivity index (χ0) is 31.1. The molecule has 1 saturated heterocycles.